The number of aliphatic hydroxyl groups is 1. The van der Waals surface area contributed by atoms with Gasteiger partial charge in [0, 0.05) is 12.0 Å². The van der Waals surface area contributed by atoms with Crippen LogP contribution in [-0.4, -0.2) is 34.0 Å². The van der Waals surface area contributed by atoms with E-state index in [2.05, 4.69) is 9.97 Å². The topological polar surface area (TPSA) is 58.1 Å². The van der Waals surface area contributed by atoms with Crippen molar-refractivity contribution in [1.29, 1.82) is 0 Å². The number of nitrogens with zero attached hydrogens (tertiary/aromatic N) is 1. The van der Waals surface area contributed by atoms with Crippen LogP contribution in [0.1, 0.15) is 31.7 Å². The van der Waals surface area contributed by atoms with E-state index in [1.165, 1.54) is 27.0 Å². The molecule has 0 bridgehead atoms. The lowest BCUT2D eigenvalue weighted by atomic mass is 9.73. The number of imidazole rings is 1. The molecule has 0 saturated carbocycles. The zero-order valence-electron chi connectivity index (χ0n) is 16.9. The van der Waals surface area contributed by atoms with Gasteiger partial charge in [0.1, 0.15) is 22.9 Å². The third-order valence-corrected chi connectivity index (χ3v) is 5.21. The quantitative estimate of drug-likeness (QED) is 0.513. The lowest BCUT2D eigenvalue weighted by Crippen LogP contribution is -2.51. The van der Waals surface area contributed by atoms with E-state index in [-0.39, 0.29) is 22.7 Å². The number of H-pyrrole nitrogens is 1. The molecular formula is C21H20F6N2O2. The van der Waals surface area contributed by atoms with Crippen molar-refractivity contribution in [3.8, 4) is 5.75 Å². The molecule has 0 fully saturated rings. The van der Waals surface area contributed by atoms with Crippen molar-refractivity contribution in [1.82, 2.24) is 9.97 Å². The lowest BCUT2D eigenvalue weighted by molar-refractivity contribution is -0.266. The Morgan fingerprint density at radius 3 is 2.35 bits per heavy atom. The molecule has 0 aliphatic carbocycles. The Morgan fingerprint density at radius 2 is 1.74 bits per heavy atom. The summed E-state index contributed by atoms with van der Waals surface area (Å²) in [5, 5.41) is 10.7. The van der Waals surface area contributed by atoms with Crippen molar-refractivity contribution in [2.75, 3.05) is 7.11 Å². The molecule has 1 unspecified atom stereocenters. The Balaban J connectivity index is 2.02. The van der Waals surface area contributed by atoms with Crippen LogP contribution in [0, 0.1) is 17.5 Å². The molecule has 0 aliphatic rings. The van der Waals surface area contributed by atoms with Gasteiger partial charge in [-0.25, -0.2) is 18.2 Å². The zero-order chi connectivity index (χ0) is 23.2. The molecule has 0 spiro atoms. The molecule has 2 N–H and O–H groups in total. The minimum absolute atomic E-state index is 0.0792. The van der Waals surface area contributed by atoms with Gasteiger partial charge in [-0.15, -0.1) is 0 Å². The van der Waals surface area contributed by atoms with Crippen LogP contribution >= 0.6 is 0 Å². The largest absolute Gasteiger partial charge is 0.496 e. The Bertz CT molecular complexity index is 1110. The molecule has 4 nitrogen and oxygen atoms in total. The van der Waals surface area contributed by atoms with Gasteiger partial charge >= 0.3 is 6.18 Å². The molecular weight excluding hydrogens is 426 g/mol. The number of aromatic nitrogens is 2. The van der Waals surface area contributed by atoms with Crippen molar-refractivity contribution in [2.45, 2.75) is 43.9 Å². The highest BCUT2D eigenvalue weighted by molar-refractivity contribution is 5.75. The molecule has 1 atom stereocenters. The first-order valence-electron chi connectivity index (χ1n) is 9.23. The molecule has 10 heteroatoms. The summed E-state index contributed by atoms with van der Waals surface area (Å²) in [6.07, 6.45) is -7.03. The molecule has 2 aromatic carbocycles. The minimum Gasteiger partial charge on any atom is -0.496 e. The molecule has 3 rings (SSSR count). The summed E-state index contributed by atoms with van der Waals surface area (Å²) in [4.78, 5) is 6.18. The predicted molar refractivity (Wildman–Crippen MR) is 101 cm³/mol. The number of hydrogen-bond acceptors (Lipinski definition) is 3. The van der Waals surface area contributed by atoms with Crippen molar-refractivity contribution >= 4 is 11.0 Å². The normalized spacial score (nSPS) is 14.6. The van der Waals surface area contributed by atoms with E-state index in [9.17, 15) is 31.4 Å². The SMILES string of the molecule is COc1ccc(F)cc1C(C)(C)CC(O)(Cc1nc2ccc(F)c(F)c2[nH]1)C(F)(F)F. The van der Waals surface area contributed by atoms with Gasteiger partial charge in [-0.1, -0.05) is 13.8 Å². The fourth-order valence-electron chi connectivity index (χ4n) is 3.73. The van der Waals surface area contributed by atoms with Crippen molar-refractivity contribution < 1.29 is 36.2 Å². The second-order valence-corrected chi connectivity index (χ2v) is 8.05. The lowest BCUT2D eigenvalue weighted by Gasteiger charge is -2.38. The molecule has 0 saturated heterocycles. The summed E-state index contributed by atoms with van der Waals surface area (Å²) in [5.74, 6) is -3.35. The van der Waals surface area contributed by atoms with Gasteiger partial charge < -0.3 is 14.8 Å². The number of nitrogens with one attached hydrogen (secondary N) is 1. The van der Waals surface area contributed by atoms with E-state index in [0.29, 0.717) is 0 Å². The Kier molecular flexibility index (Phi) is 5.72. The molecule has 3 aromatic rings. The maximum atomic E-state index is 14.0. The number of ether oxygens (including phenoxy) is 1. The van der Waals surface area contributed by atoms with Gasteiger partial charge in [-0.3, -0.25) is 0 Å². The number of rotatable bonds is 6. The molecule has 31 heavy (non-hydrogen) atoms. The highest BCUT2D eigenvalue weighted by Crippen LogP contribution is 2.45. The summed E-state index contributed by atoms with van der Waals surface area (Å²) in [5.41, 5.74) is -5.04. The standard InChI is InChI=1S/C21H20F6N2O2/c1-19(2,12-8-11(22)4-7-15(12)31-3)10-20(30,21(25,26)27)9-16-28-14-6-5-13(23)17(24)18(14)29-16/h4-8,30H,9-10H2,1-3H3,(H,28,29). The molecule has 0 amide bonds. The Hall–Kier alpha value is -2.75. The van der Waals surface area contributed by atoms with E-state index >= 15 is 0 Å². The van der Waals surface area contributed by atoms with Crippen LogP contribution in [0.5, 0.6) is 5.75 Å². The maximum absolute atomic E-state index is 14.0. The zero-order valence-corrected chi connectivity index (χ0v) is 16.9. The first-order chi connectivity index (χ1) is 14.3. The van der Waals surface area contributed by atoms with Gasteiger partial charge in [0.15, 0.2) is 17.2 Å². The number of hydrogen-bond donors (Lipinski definition) is 2. The van der Waals surface area contributed by atoms with Crippen LogP contribution < -0.4 is 4.74 Å². The molecule has 168 valence electrons. The van der Waals surface area contributed by atoms with Crippen molar-refractivity contribution in [3.63, 3.8) is 0 Å². The summed E-state index contributed by atoms with van der Waals surface area (Å²) in [6, 6.07) is 5.36. The van der Waals surface area contributed by atoms with Gasteiger partial charge in [-0.05, 0) is 42.2 Å². The smallest absolute Gasteiger partial charge is 0.417 e. The van der Waals surface area contributed by atoms with Crippen LogP contribution in [0.15, 0.2) is 30.3 Å². The summed E-state index contributed by atoms with van der Waals surface area (Å²) < 4.78 is 88.2. The van der Waals surface area contributed by atoms with Crippen LogP contribution in [0.25, 0.3) is 11.0 Å². The predicted octanol–water partition coefficient (Wildman–Crippen LogP) is 5.19. The van der Waals surface area contributed by atoms with Crippen LogP contribution in [0.4, 0.5) is 26.3 Å². The Labute approximate surface area is 173 Å². The molecule has 0 radical (unpaired) electrons. The highest BCUT2D eigenvalue weighted by atomic mass is 19.4. The minimum atomic E-state index is -5.10. The number of halogens is 6. The highest BCUT2D eigenvalue weighted by Gasteiger charge is 2.56. The van der Waals surface area contributed by atoms with Gasteiger partial charge in [-0.2, -0.15) is 13.2 Å². The van der Waals surface area contributed by atoms with Crippen molar-refractivity contribution in [2.24, 2.45) is 0 Å². The number of fused-ring (bicyclic) bond motifs is 1. The monoisotopic (exact) mass is 446 g/mol. The Morgan fingerprint density at radius 1 is 1.06 bits per heavy atom. The maximum Gasteiger partial charge on any atom is 0.417 e. The summed E-state index contributed by atoms with van der Waals surface area (Å²) in [6.45, 7) is 2.82. The van der Waals surface area contributed by atoms with E-state index in [4.69, 9.17) is 4.74 Å². The third kappa shape index (κ3) is 4.34. The summed E-state index contributed by atoms with van der Waals surface area (Å²) >= 11 is 0. The van der Waals surface area contributed by atoms with Gasteiger partial charge in [0.05, 0.1) is 12.6 Å². The van der Waals surface area contributed by atoms with E-state index < -0.39 is 53.0 Å². The number of methoxy groups -OCH3 is 1. The second-order valence-electron chi connectivity index (χ2n) is 8.05. The summed E-state index contributed by atoms with van der Waals surface area (Å²) in [7, 11) is 1.30. The van der Waals surface area contributed by atoms with E-state index in [1.54, 1.807) is 0 Å². The fourth-order valence-corrected chi connectivity index (χ4v) is 3.73. The number of benzene rings is 2. The average Bonchev–Trinajstić information content (AvgIpc) is 3.06. The van der Waals surface area contributed by atoms with Crippen LogP contribution in [0.3, 0.4) is 0 Å². The van der Waals surface area contributed by atoms with Crippen LogP contribution in [-0.2, 0) is 11.8 Å². The van der Waals surface area contributed by atoms with Gasteiger partial charge in [0.2, 0.25) is 0 Å². The van der Waals surface area contributed by atoms with Crippen molar-refractivity contribution in [3.05, 3.63) is 59.2 Å². The first kappa shape index (κ1) is 22.9. The second kappa shape index (κ2) is 7.74. The average molecular weight is 446 g/mol. The van der Waals surface area contributed by atoms with Gasteiger partial charge in [0.25, 0.3) is 0 Å². The molecule has 1 heterocycles. The third-order valence-electron chi connectivity index (χ3n) is 5.21. The first-order valence-corrected chi connectivity index (χ1v) is 9.23. The number of aromatic amines is 1. The molecule has 0 aliphatic heterocycles. The van der Waals surface area contributed by atoms with Crippen LogP contribution in [0.2, 0.25) is 0 Å². The number of alkyl halides is 3. The van der Waals surface area contributed by atoms with E-state index in [0.717, 1.165) is 24.3 Å². The van der Waals surface area contributed by atoms with E-state index in [1.807, 2.05) is 0 Å². The molecule has 1 aromatic heterocycles. The fraction of sp³-hybridized carbons (Fsp3) is 0.381.